The summed E-state index contributed by atoms with van der Waals surface area (Å²) in [5, 5.41) is 68.6. The van der Waals surface area contributed by atoms with Gasteiger partial charge >= 0.3 is 5.97 Å². The van der Waals surface area contributed by atoms with Gasteiger partial charge in [0.05, 0.1) is 32.2 Å². The van der Waals surface area contributed by atoms with Crippen molar-refractivity contribution in [3.05, 3.63) is 29.8 Å². The number of unbranched alkanes of at least 4 members (excludes halogenated alkanes) is 6. The van der Waals surface area contributed by atoms with Crippen molar-refractivity contribution in [1.29, 1.82) is 0 Å². The lowest BCUT2D eigenvalue weighted by molar-refractivity contribution is -0.139. The van der Waals surface area contributed by atoms with Gasteiger partial charge in [0.2, 0.25) is 59.1 Å². The summed E-state index contributed by atoms with van der Waals surface area (Å²) in [5.74, 6) is -12.6. The summed E-state index contributed by atoms with van der Waals surface area (Å²) in [4.78, 5) is 146. The summed E-state index contributed by atoms with van der Waals surface area (Å²) in [7, 11) is 0. The van der Waals surface area contributed by atoms with Crippen molar-refractivity contribution < 1.29 is 78.3 Å². The largest absolute Gasteiger partial charge is 0.508 e. The Balaban J connectivity index is 2.69. The number of carbonyl (C=O) groups is 11. The minimum atomic E-state index is -1.98. The molecule has 0 spiro atoms. The molecule has 1 aromatic rings. The fraction of sp³-hybridized carbons (Fsp3) is 0.638. The van der Waals surface area contributed by atoms with Gasteiger partial charge in [0.25, 0.3) is 0 Å². The molecular weight excluding hydrogens is 961 g/mol. The number of aromatic hydroxyl groups is 1. The van der Waals surface area contributed by atoms with Gasteiger partial charge in [-0.2, -0.15) is 0 Å². The number of carbonyl (C=O) groups excluding carboxylic acids is 10. The first-order chi connectivity index (χ1) is 34.4. The van der Waals surface area contributed by atoms with Crippen LogP contribution < -0.4 is 54.0 Å². The molecule has 0 bridgehead atoms. The molecule has 17 N–H and O–H groups in total. The molecule has 0 aromatic heterocycles. The zero-order chi connectivity index (χ0) is 54.8. The van der Waals surface area contributed by atoms with Crippen LogP contribution in [-0.2, 0) is 59.2 Å². The minimum absolute atomic E-state index is 0.157. The number of aliphatic carboxylic acids is 1. The van der Waals surface area contributed by atoms with Crippen LogP contribution in [0.15, 0.2) is 24.3 Å². The first-order valence-corrected chi connectivity index (χ1v) is 24.3. The molecule has 0 saturated carbocycles. The highest BCUT2D eigenvalue weighted by molar-refractivity contribution is 5.99. The lowest BCUT2D eigenvalue weighted by Crippen LogP contribution is -2.62. The Hall–Kier alpha value is -6.93. The van der Waals surface area contributed by atoms with Crippen LogP contribution in [-0.4, -0.2) is 158 Å². The fourth-order valence-electron chi connectivity index (χ4n) is 7.66. The minimum Gasteiger partial charge on any atom is -0.508 e. The number of hydrogen-bond donors (Lipinski definition) is 15. The van der Waals surface area contributed by atoms with Crippen LogP contribution in [0.2, 0.25) is 0 Å². The summed E-state index contributed by atoms with van der Waals surface area (Å²) in [6, 6.07) is -8.62. The van der Waals surface area contributed by atoms with Gasteiger partial charge in [0, 0.05) is 25.3 Å². The smallest absolute Gasteiger partial charge is 0.303 e. The Bertz CT molecular complexity index is 2060. The Kier molecular flexibility index (Phi) is 27.4. The second kappa shape index (κ2) is 32.2. The number of phenols is 1. The van der Waals surface area contributed by atoms with Crippen molar-refractivity contribution in [2.24, 2.45) is 17.4 Å². The standard InChI is InChI=1S/C47H74N10O16/c1-25(2)11-9-7-5-4-6-8-10-12-28-20-38(64)51-32(21-36(48)62)43(69)53-31(19-27-13-15-29(61)16-14-27)42(68)54-33(22-37(49)63)44(70)56-34(23-58)45(71)52-30(17-18-39(65)66)41(67)55-35(24-59)46(72)57-40(26(3)60)47(73)50-28/h13-16,25-26,28,30-35,40,58-61H,4-12,17-24H2,1-3H3,(H2,48,62)(H2,49,63)(H,50,73)(H,51,64)(H,52,71)(H,53,69)(H,54,68)(H,55,67)(H,56,70)(H,57,72)(H,65,66)/t26-,28?,30+,31-,32+,33-,34+,35-,40+/m1/s1. The summed E-state index contributed by atoms with van der Waals surface area (Å²) >= 11 is 0. The molecular formula is C47H74N10O16. The van der Waals surface area contributed by atoms with Gasteiger partial charge < -0.3 is 79.5 Å². The maximum absolute atomic E-state index is 14.1. The van der Waals surface area contributed by atoms with Crippen LogP contribution in [0.1, 0.15) is 116 Å². The zero-order valence-corrected chi connectivity index (χ0v) is 41.5. The number of amides is 10. The maximum Gasteiger partial charge on any atom is 0.303 e. The number of benzene rings is 1. The molecule has 9 atom stereocenters. The third-order valence-corrected chi connectivity index (χ3v) is 11.7. The molecule has 26 nitrogen and oxygen atoms in total. The van der Waals surface area contributed by atoms with Gasteiger partial charge in [-0.1, -0.05) is 77.3 Å². The number of rotatable bonds is 22. The molecule has 1 aliphatic rings. The highest BCUT2D eigenvalue weighted by Gasteiger charge is 2.36. The molecule has 1 fully saturated rings. The highest BCUT2D eigenvalue weighted by Crippen LogP contribution is 2.16. The summed E-state index contributed by atoms with van der Waals surface area (Å²) in [6.45, 7) is 3.12. The van der Waals surface area contributed by atoms with E-state index in [1.165, 1.54) is 24.3 Å². The number of phenolic OH excluding ortho intramolecular Hbond substituents is 1. The lowest BCUT2D eigenvalue weighted by Gasteiger charge is -2.28. The molecule has 10 amide bonds. The molecule has 1 unspecified atom stereocenters. The quantitative estimate of drug-likeness (QED) is 0.0498. The van der Waals surface area contributed by atoms with Crippen molar-refractivity contribution in [3.8, 4) is 5.75 Å². The van der Waals surface area contributed by atoms with E-state index in [2.05, 4.69) is 56.4 Å². The molecule has 408 valence electrons. The first-order valence-electron chi connectivity index (χ1n) is 24.3. The van der Waals surface area contributed by atoms with Crippen LogP contribution >= 0.6 is 0 Å². The number of carboxylic acids is 1. The number of aliphatic hydroxyl groups is 3. The summed E-state index contributed by atoms with van der Waals surface area (Å²) < 4.78 is 0. The van der Waals surface area contributed by atoms with Crippen LogP contribution in [0, 0.1) is 5.92 Å². The molecule has 73 heavy (non-hydrogen) atoms. The van der Waals surface area contributed by atoms with Crippen LogP contribution in [0.25, 0.3) is 0 Å². The SMILES string of the molecule is CC(C)CCCCCCCCCC1CC(=O)N[C@@H](CC(N)=O)C(=O)N[C@H](Cc2ccc(O)cc2)C(=O)N[C@H](CC(N)=O)C(=O)N[C@@H](CO)C(=O)N[C@@H](CCC(=O)O)C(=O)N[C@H](CO)C(=O)N[C@@H]([C@@H](C)O)C(=O)N1. The molecule has 1 aromatic carbocycles. The monoisotopic (exact) mass is 1030 g/mol. The lowest BCUT2D eigenvalue weighted by atomic mass is 10.0. The van der Waals surface area contributed by atoms with E-state index in [0.29, 0.717) is 24.3 Å². The van der Waals surface area contributed by atoms with Gasteiger partial charge in [-0.05, 0) is 43.4 Å². The molecule has 1 heterocycles. The van der Waals surface area contributed by atoms with Crippen molar-refractivity contribution >= 4 is 65.0 Å². The second-order valence-corrected chi connectivity index (χ2v) is 18.5. The predicted molar refractivity (Wildman–Crippen MR) is 259 cm³/mol. The van der Waals surface area contributed by atoms with Gasteiger partial charge in [0.15, 0.2) is 0 Å². The molecule has 26 heteroatoms. The third kappa shape index (κ3) is 23.9. The van der Waals surface area contributed by atoms with Crippen molar-refractivity contribution in [3.63, 3.8) is 0 Å². The maximum atomic E-state index is 14.1. The van der Waals surface area contributed by atoms with Crippen LogP contribution in [0.3, 0.4) is 0 Å². The number of nitrogens with one attached hydrogen (secondary N) is 8. The van der Waals surface area contributed by atoms with E-state index in [0.717, 1.165) is 45.4 Å². The van der Waals surface area contributed by atoms with Crippen LogP contribution in [0.4, 0.5) is 0 Å². The Morgan fingerprint density at radius 3 is 1.51 bits per heavy atom. The average Bonchev–Trinajstić information content (AvgIpc) is 3.30. The number of nitrogens with two attached hydrogens (primary N) is 2. The molecule has 2 rings (SSSR count). The van der Waals surface area contributed by atoms with E-state index in [-0.39, 0.29) is 18.6 Å². The van der Waals surface area contributed by atoms with Crippen molar-refractivity contribution in [1.82, 2.24) is 42.5 Å². The van der Waals surface area contributed by atoms with Gasteiger partial charge in [0.1, 0.15) is 48.0 Å². The van der Waals surface area contributed by atoms with Crippen LogP contribution in [0.5, 0.6) is 5.75 Å². The Morgan fingerprint density at radius 2 is 1.00 bits per heavy atom. The fourth-order valence-corrected chi connectivity index (χ4v) is 7.66. The number of aliphatic hydroxyl groups excluding tert-OH is 3. The normalized spacial score (nSPS) is 23.9. The van der Waals surface area contributed by atoms with Gasteiger partial charge in [-0.3, -0.25) is 52.7 Å². The molecule has 1 saturated heterocycles. The second-order valence-electron chi connectivity index (χ2n) is 18.5. The van der Waals surface area contributed by atoms with E-state index in [1.807, 2.05) is 0 Å². The number of hydrogen-bond acceptors (Lipinski definition) is 15. The molecule has 1 aliphatic heterocycles. The number of carboxylic acid groups (broad SMARTS) is 1. The molecule has 0 aliphatic carbocycles. The van der Waals surface area contributed by atoms with E-state index in [9.17, 15) is 78.3 Å². The average molecular weight is 1040 g/mol. The molecule has 0 radical (unpaired) electrons. The first kappa shape index (κ1) is 62.2. The van der Waals surface area contributed by atoms with Crippen molar-refractivity contribution in [2.75, 3.05) is 13.2 Å². The summed E-state index contributed by atoms with van der Waals surface area (Å²) in [6.07, 6.45) is 1.62. The zero-order valence-electron chi connectivity index (χ0n) is 41.5. The van der Waals surface area contributed by atoms with E-state index < -0.39 is 165 Å². The highest BCUT2D eigenvalue weighted by atomic mass is 16.4. The van der Waals surface area contributed by atoms with Crippen molar-refractivity contribution in [2.45, 2.75) is 172 Å². The van der Waals surface area contributed by atoms with Gasteiger partial charge in [-0.15, -0.1) is 0 Å². The van der Waals surface area contributed by atoms with Gasteiger partial charge in [-0.25, -0.2) is 0 Å². The topological polar surface area (TPSA) is 437 Å². The van der Waals surface area contributed by atoms with E-state index in [4.69, 9.17) is 11.5 Å². The summed E-state index contributed by atoms with van der Waals surface area (Å²) in [5.41, 5.74) is 11.2. The Morgan fingerprint density at radius 1 is 0.562 bits per heavy atom. The Labute approximate surface area is 422 Å². The van der Waals surface area contributed by atoms with E-state index >= 15 is 0 Å². The predicted octanol–water partition coefficient (Wildman–Crippen LogP) is -3.64. The number of primary amides is 2. The third-order valence-electron chi connectivity index (χ3n) is 11.7. The van der Waals surface area contributed by atoms with E-state index in [1.54, 1.807) is 0 Å².